The van der Waals surface area contributed by atoms with Crippen molar-refractivity contribution < 1.29 is 4.74 Å². The standard InChI is InChI=1S/C13H25N3OS/c1-11(8-16-4-6-17-7-5-16)15-12-14-9-13(2,3)10-18-12/h11H,4-10H2,1-3H3,(H,14,15). The quantitative estimate of drug-likeness (QED) is 0.842. The van der Waals surface area contributed by atoms with E-state index in [9.17, 15) is 0 Å². The summed E-state index contributed by atoms with van der Waals surface area (Å²) in [5, 5.41) is 4.65. The molecule has 1 atom stereocenters. The first kappa shape index (κ1) is 14.2. The second-order valence-corrected chi connectivity index (χ2v) is 7.00. The molecule has 4 nitrogen and oxygen atoms in total. The van der Waals surface area contributed by atoms with E-state index in [1.165, 1.54) is 0 Å². The van der Waals surface area contributed by atoms with Gasteiger partial charge in [0, 0.05) is 38.0 Å². The van der Waals surface area contributed by atoms with Gasteiger partial charge >= 0.3 is 0 Å². The van der Waals surface area contributed by atoms with Gasteiger partial charge in [-0.2, -0.15) is 0 Å². The molecule has 18 heavy (non-hydrogen) atoms. The maximum atomic E-state index is 5.36. The number of hydrogen-bond donors (Lipinski definition) is 1. The van der Waals surface area contributed by atoms with E-state index in [2.05, 4.69) is 36.0 Å². The van der Waals surface area contributed by atoms with Crippen LogP contribution in [-0.2, 0) is 4.74 Å². The SMILES string of the molecule is CC(CN1CCOCC1)NC1=NCC(C)(C)CS1. The van der Waals surface area contributed by atoms with Crippen molar-refractivity contribution in [2.24, 2.45) is 10.4 Å². The van der Waals surface area contributed by atoms with Gasteiger partial charge in [0.25, 0.3) is 0 Å². The maximum Gasteiger partial charge on any atom is 0.156 e. The lowest BCUT2D eigenvalue weighted by Crippen LogP contribution is -2.46. The van der Waals surface area contributed by atoms with Crippen LogP contribution in [0.1, 0.15) is 20.8 Å². The summed E-state index contributed by atoms with van der Waals surface area (Å²) in [4.78, 5) is 7.10. The summed E-state index contributed by atoms with van der Waals surface area (Å²) >= 11 is 1.86. The van der Waals surface area contributed by atoms with Crippen LogP contribution >= 0.6 is 11.8 Å². The molecule has 0 amide bonds. The van der Waals surface area contributed by atoms with Crippen molar-refractivity contribution >= 4 is 16.9 Å². The van der Waals surface area contributed by atoms with Gasteiger partial charge in [0.15, 0.2) is 5.17 Å². The summed E-state index contributed by atoms with van der Waals surface area (Å²) in [5.74, 6) is 1.16. The minimum Gasteiger partial charge on any atom is -0.379 e. The second kappa shape index (κ2) is 6.26. The lowest BCUT2D eigenvalue weighted by atomic mass is 9.97. The molecule has 0 aromatic carbocycles. The fourth-order valence-corrected chi connectivity index (χ4v) is 3.21. The van der Waals surface area contributed by atoms with E-state index in [-0.39, 0.29) is 0 Å². The molecule has 5 heteroatoms. The molecule has 2 heterocycles. The zero-order valence-corrected chi connectivity index (χ0v) is 12.6. The highest BCUT2D eigenvalue weighted by Crippen LogP contribution is 2.27. The summed E-state index contributed by atoms with van der Waals surface area (Å²) in [6.45, 7) is 12.6. The van der Waals surface area contributed by atoms with Crippen LogP contribution in [-0.4, -0.2) is 61.3 Å². The molecule has 1 N–H and O–H groups in total. The first-order chi connectivity index (χ1) is 8.55. The maximum absolute atomic E-state index is 5.36. The van der Waals surface area contributed by atoms with E-state index in [0.717, 1.165) is 50.3 Å². The molecule has 1 unspecified atom stereocenters. The Bertz CT molecular complexity index is 301. The summed E-state index contributed by atoms with van der Waals surface area (Å²) in [6, 6.07) is 0.454. The number of morpholine rings is 1. The zero-order chi connectivity index (χ0) is 13.0. The molecule has 0 aromatic rings. The second-order valence-electron chi connectivity index (χ2n) is 6.03. The number of nitrogens with zero attached hydrogens (tertiary/aromatic N) is 2. The van der Waals surface area contributed by atoms with Crippen LogP contribution < -0.4 is 5.32 Å². The number of hydrogen-bond acceptors (Lipinski definition) is 5. The van der Waals surface area contributed by atoms with Gasteiger partial charge in [0.1, 0.15) is 0 Å². The third-order valence-electron chi connectivity index (χ3n) is 3.26. The predicted molar refractivity (Wildman–Crippen MR) is 78.4 cm³/mol. The molecule has 0 radical (unpaired) electrons. The Labute approximate surface area is 115 Å². The molecule has 2 aliphatic rings. The molecule has 104 valence electrons. The highest BCUT2D eigenvalue weighted by atomic mass is 32.2. The molecular weight excluding hydrogens is 246 g/mol. The first-order valence-corrected chi connectivity index (χ1v) is 7.78. The van der Waals surface area contributed by atoms with Crippen LogP contribution in [0, 0.1) is 5.41 Å². The minimum absolute atomic E-state index is 0.350. The van der Waals surface area contributed by atoms with Gasteiger partial charge in [-0.3, -0.25) is 9.89 Å². The lowest BCUT2D eigenvalue weighted by molar-refractivity contribution is 0.0353. The van der Waals surface area contributed by atoms with Gasteiger partial charge in [0.05, 0.1) is 13.2 Å². The highest BCUT2D eigenvalue weighted by Gasteiger charge is 2.24. The lowest BCUT2D eigenvalue weighted by Gasteiger charge is -2.32. The van der Waals surface area contributed by atoms with Gasteiger partial charge in [-0.25, -0.2) is 0 Å². The first-order valence-electron chi connectivity index (χ1n) is 6.79. The van der Waals surface area contributed by atoms with Crippen LogP contribution in [0.5, 0.6) is 0 Å². The molecule has 0 aliphatic carbocycles. The van der Waals surface area contributed by atoms with Crippen LogP contribution in [0.4, 0.5) is 0 Å². The van der Waals surface area contributed by atoms with Gasteiger partial charge in [-0.1, -0.05) is 25.6 Å². The van der Waals surface area contributed by atoms with Crippen molar-refractivity contribution in [2.45, 2.75) is 26.8 Å². The number of amidine groups is 1. The third-order valence-corrected chi connectivity index (χ3v) is 4.70. The normalized spacial score (nSPS) is 26.5. The molecule has 2 rings (SSSR count). The van der Waals surface area contributed by atoms with Crippen molar-refractivity contribution in [3.05, 3.63) is 0 Å². The topological polar surface area (TPSA) is 36.9 Å². The number of ether oxygens (including phenoxy) is 1. The number of aliphatic imine (C=N–C) groups is 1. The molecule has 2 aliphatic heterocycles. The van der Waals surface area contributed by atoms with Gasteiger partial charge < -0.3 is 10.1 Å². The summed E-state index contributed by atoms with van der Waals surface area (Å²) in [7, 11) is 0. The van der Waals surface area contributed by atoms with E-state index < -0.39 is 0 Å². The van der Waals surface area contributed by atoms with Crippen LogP contribution in [0.3, 0.4) is 0 Å². The molecule has 1 saturated heterocycles. The Hall–Kier alpha value is -0.260. The van der Waals surface area contributed by atoms with Crippen molar-refractivity contribution in [3.63, 3.8) is 0 Å². The van der Waals surface area contributed by atoms with E-state index in [1.54, 1.807) is 0 Å². The average molecular weight is 271 g/mol. The Kier molecular flexibility index (Phi) is 4.92. The summed E-state index contributed by atoms with van der Waals surface area (Å²) < 4.78 is 5.36. The smallest absolute Gasteiger partial charge is 0.156 e. The van der Waals surface area contributed by atoms with Gasteiger partial charge in [0.2, 0.25) is 0 Å². The molecule has 1 fully saturated rings. The van der Waals surface area contributed by atoms with Crippen molar-refractivity contribution in [3.8, 4) is 0 Å². The van der Waals surface area contributed by atoms with E-state index >= 15 is 0 Å². The van der Waals surface area contributed by atoms with Crippen molar-refractivity contribution in [1.82, 2.24) is 10.2 Å². The van der Waals surface area contributed by atoms with Crippen molar-refractivity contribution in [1.29, 1.82) is 0 Å². The highest BCUT2D eigenvalue weighted by molar-refractivity contribution is 8.13. The van der Waals surface area contributed by atoms with Gasteiger partial charge in [-0.05, 0) is 12.3 Å². The Morgan fingerprint density at radius 2 is 2.17 bits per heavy atom. The average Bonchev–Trinajstić information content (AvgIpc) is 2.33. The number of rotatable bonds is 3. The zero-order valence-electron chi connectivity index (χ0n) is 11.7. The summed E-state index contributed by atoms with van der Waals surface area (Å²) in [5.41, 5.74) is 0.350. The third kappa shape index (κ3) is 4.44. The molecule has 0 saturated carbocycles. The van der Waals surface area contributed by atoms with Gasteiger partial charge in [-0.15, -0.1) is 0 Å². The Morgan fingerprint density at radius 1 is 1.44 bits per heavy atom. The van der Waals surface area contributed by atoms with E-state index in [1.807, 2.05) is 11.8 Å². The fourth-order valence-electron chi connectivity index (χ4n) is 2.16. The molecule has 0 bridgehead atoms. The Morgan fingerprint density at radius 3 is 2.78 bits per heavy atom. The Balaban J connectivity index is 1.74. The molecule has 0 spiro atoms. The summed E-state index contributed by atoms with van der Waals surface area (Å²) in [6.07, 6.45) is 0. The molecule has 0 aromatic heterocycles. The largest absolute Gasteiger partial charge is 0.379 e. The number of nitrogens with one attached hydrogen (secondary N) is 1. The van der Waals surface area contributed by atoms with Crippen LogP contribution in [0.15, 0.2) is 4.99 Å². The van der Waals surface area contributed by atoms with Crippen LogP contribution in [0.25, 0.3) is 0 Å². The number of thioether (sulfide) groups is 1. The van der Waals surface area contributed by atoms with E-state index in [4.69, 9.17) is 4.74 Å². The fraction of sp³-hybridized carbons (Fsp3) is 0.923. The van der Waals surface area contributed by atoms with Crippen molar-refractivity contribution in [2.75, 3.05) is 45.1 Å². The van der Waals surface area contributed by atoms with E-state index in [0.29, 0.717) is 11.5 Å². The molecular formula is C13H25N3OS. The predicted octanol–water partition coefficient (Wildman–Crippen LogP) is 1.43. The van der Waals surface area contributed by atoms with Crippen LogP contribution in [0.2, 0.25) is 0 Å². The monoisotopic (exact) mass is 271 g/mol. The minimum atomic E-state index is 0.350.